The average molecular weight is 346 g/mol. The fourth-order valence-electron chi connectivity index (χ4n) is 2.74. The highest BCUT2D eigenvalue weighted by Gasteiger charge is 2.30. The van der Waals surface area contributed by atoms with Crippen molar-refractivity contribution in [2.24, 2.45) is 0 Å². The molecule has 0 unspecified atom stereocenters. The maximum Gasteiger partial charge on any atom is 0.235 e. The summed E-state index contributed by atoms with van der Waals surface area (Å²) in [5.41, 5.74) is 8.49. The van der Waals surface area contributed by atoms with Crippen LogP contribution >= 0.6 is 0 Å². The van der Waals surface area contributed by atoms with Crippen molar-refractivity contribution < 1.29 is 13.2 Å². The zero-order chi connectivity index (χ0) is 17.3. The summed E-state index contributed by atoms with van der Waals surface area (Å²) in [4.78, 5) is 19.6. The lowest BCUT2D eigenvalue weighted by molar-refractivity contribution is -0.116. The van der Waals surface area contributed by atoms with Crippen LogP contribution in [0.5, 0.6) is 0 Å². The van der Waals surface area contributed by atoms with Crippen LogP contribution in [0.2, 0.25) is 0 Å². The number of nitrogens with zero attached hydrogens (tertiary/aromatic N) is 3. The molecular formula is C16H18N4O3S. The third-order valence-electron chi connectivity index (χ3n) is 3.85. The van der Waals surface area contributed by atoms with Crippen LogP contribution in [-0.2, 0) is 21.2 Å². The van der Waals surface area contributed by atoms with Crippen LogP contribution in [0.4, 0.5) is 11.5 Å². The van der Waals surface area contributed by atoms with Crippen LogP contribution in [0.15, 0.2) is 30.6 Å². The second kappa shape index (κ2) is 6.20. The maximum absolute atomic E-state index is 12.1. The minimum absolute atomic E-state index is 0.0268. The number of nitrogen functional groups attached to an aromatic ring is 1. The number of hydrogen-bond acceptors (Lipinski definition) is 6. The molecule has 24 heavy (non-hydrogen) atoms. The van der Waals surface area contributed by atoms with Crippen molar-refractivity contribution in [2.45, 2.75) is 19.8 Å². The molecule has 126 valence electrons. The molecule has 3 rings (SSSR count). The Morgan fingerprint density at radius 3 is 2.75 bits per heavy atom. The maximum atomic E-state index is 12.1. The van der Waals surface area contributed by atoms with Crippen LogP contribution in [0.1, 0.15) is 19.0 Å². The molecule has 1 aliphatic heterocycles. The van der Waals surface area contributed by atoms with Crippen molar-refractivity contribution in [2.75, 3.05) is 22.3 Å². The van der Waals surface area contributed by atoms with Gasteiger partial charge in [0.15, 0.2) is 0 Å². The minimum Gasteiger partial charge on any atom is -0.382 e. The smallest absolute Gasteiger partial charge is 0.235 e. The fraction of sp³-hybridized carbons (Fsp3) is 0.312. The summed E-state index contributed by atoms with van der Waals surface area (Å²) >= 11 is 0. The molecule has 0 bridgehead atoms. The van der Waals surface area contributed by atoms with E-state index in [1.807, 2.05) is 0 Å². The molecule has 2 N–H and O–H groups in total. The second-order valence-electron chi connectivity index (χ2n) is 5.78. The van der Waals surface area contributed by atoms with Gasteiger partial charge in [0.2, 0.25) is 10.0 Å². The number of Topliss-reactive ketones (excluding diaryl/α,β-unsaturated/α-hetero) is 1. The molecular weight excluding hydrogens is 328 g/mol. The molecule has 3 heterocycles. The van der Waals surface area contributed by atoms with Gasteiger partial charge in [-0.15, -0.1) is 0 Å². The lowest BCUT2D eigenvalue weighted by atomic mass is 10.1. The summed E-state index contributed by atoms with van der Waals surface area (Å²) in [6.45, 7) is 1.92. The first-order valence-electron chi connectivity index (χ1n) is 7.57. The zero-order valence-electron chi connectivity index (χ0n) is 13.3. The molecule has 0 spiro atoms. The number of ketones is 1. The van der Waals surface area contributed by atoms with Crippen molar-refractivity contribution in [1.82, 2.24) is 9.97 Å². The van der Waals surface area contributed by atoms with Gasteiger partial charge in [0.25, 0.3) is 0 Å². The predicted octanol–water partition coefficient (Wildman–Crippen LogP) is 1.40. The highest BCUT2D eigenvalue weighted by molar-refractivity contribution is 7.93. The Labute approximate surface area is 140 Å². The highest BCUT2D eigenvalue weighted by Crippen LogP contribution is 2.32. The third-order valence-corrected chi connectivity index (χ3v) is 5.70. The van der Waals surface area contributed by atoms with Crippen LogP contribution in [0.3, 0.4) is 0 Å². The molecule has 1 aliphatic rings. The second-order valence-corrected chi connectivity index (χ2v) is 7.80. The van der Waals surface area contributed by atoms with E-state index in [-0.39, 0.29) is 23.8 Å². The molecule has 0 aromatic carbocycles. The quantitative estimate of drug-likeness (QED) is 0.897. The molecule has 0 radical (unpaired) electrons. The van der Waals surface area contributed by atoms with Gasteiger partial charge in [-0.25, -0.2) is 13.4 Å². The van der Waals surface area contributed by atoms with Gasteiger partial charge in [0.1, 0.15) is 11.6 Å². The first-order valence-corrected chi connectivity index (χ1v) is 9.18. The Hall–Kier alpha value is -2.48. The lowest BCUT2D eigenvalue weighted by Gasteiger charge is -2.19. The number of rotatable bonds is 4. The van der Waals surface area contributed by atoms with Gasteiger partial charge >= 0.3 is 0 Å². The monoisotopic (exact) mass is 346 g/mol. The van der Waals surface area contributed by atoms with Crippen LogP contribution in [-0.4, -0.2) is 36.5 Å². The average Bonchev–Trinajstić information content (AvgIpc) is 2.86. The standard InChI is InChI=1S/C16H18N4O3S/c1-11(21)7-14-8-12(3-4-18-14)13-9-15(16(17)19-10-13)20-5-2-6-24(20,22)23/h3-4,8-10H,2,5-7H2,1H3,(H2,17,19). The van der Waals surface area contributed by atoms with Gasteiger partial charge in [-0.1, -0.05) is 0 Å². The molecule has 0 amide bonds. The molecule has 1 fully saturated rings. The zero-order valence-corrected chi connectivity index (χ0v) is 14.1. The van der Waals surface area contributed by atoms with E-state index < -0.39 is 10.0 Å². The number of pyridine rings is 2. The Morgan fingerprint density at radius 1 is 1.29 bits per heavy atom. The first-order chi connectivity index (χ1) is 11.4. The van der Waals surface area contributed by atoms with Gasteiger partial charge in [-0.2, -0.15) is 0 Å². The number of anilines is 2. The molecule has 2 aromatic rings. The van der Waals surface area contributed by atoms with Gasteiger partial charge in [0.05, 0.1) is 11.4 Å². The Morgan fingerprint density at radius 2 is 2.08 bits per heavy atom. The summed E-state index contributed by atoms with van der Waals surface area (Å²) in [5.74, 6) is 0.329. The minimum atomic E-state index is -3.33. The normalized spacial score (nSPS) is 16.3. The summed E-state index contributed by atoms with van der Waals surface area (Å²) in [6, 6.07) is 5.31. The van der Waals surface area contributed by atoms with E-state index in [2.05, 4.69) is 9.97 Å². The van der Waals surface area contributed by atoms with E-state index in [9.17, 15) is 13.2 Å². The molecule has 1 saturated heterocycles. The highest BCUT2D eigenvalue weighted by atomic mass is 32.2. The van der Waals surface area contributed by atoms with E-state index in [4.69, 9.17) is 5.73 Å². The number of carbonyl (C=O) groups is 1. The van der Waals surface area contributed by atoms with Crippen molar-refractivity contribution >= 4 is 27.3 Å². The number of hydrogen-bond donors (Lipinski definition) is 1. The van der Waals surface area contributed by atoms with E-state index in [0.717, 1.165) is 11.1 Å². The Bertz CT molecular complexity index is 896. The summed E-state index contributed by atoms with van der Waals surface area (Å²) in [7, 11) is -3.33. The predicted molar refractivity (Wildman–Crippen MR) is 92.0 cm³/mol. The van der Waals surface area contributed by atoms with Crippen LogP contribution in [0, 0.1) is 0 Å². The van der Waals surface area contributed by atoms with Gasteiger partial charge < -0.3 is 5.73 Å². The van der Waals surface area contributed by atoms with Crippen molar-refractivity contribution in [3.8, 4) is 11.1 Å². The number of aromatic nitrogens is 2. The molecule has 2 aromatic heterocycles. The molecule has 0 saturated carbocycles. The molecule has 0 aliphatic carbocycles. The van der Waals surface area contributed by atoms with E-state index >= 15 is 0 Å². The van der Waals surface area contributed by atoms with Crippen molar-refractivity contribution in [3.05, 3.63) is 36.3 Å². The number of sulfonamides is 1. The van der Waals surface area contributed by atoms with Gasteiger partial charge in [0, 0.05) is 36.6 Å². The topological polar surface area (TPSA) is 106 Å². The van der Waals surface area contributed by atoms with Crippen molar-refractivity contribution in [3.63, 3.8) is 0 Å². The third kappa shape index (κ3) is 3.23. The van der Waals surface area contributed by atoms with E-state index in [0.29, 0.717) is 24.3 Å². The van der Waals surface area contributed by atoms with Gasteiger partial charge in [-0.05, 0) is 37.1 Å². The summed E-state index contributed by atoms with van der Waals surface area (Å²) in [5, 5.41) is 0. The van der Waals surface area contributed by atoms with Crippen molar-refractivity contribution in [1.29, 1.82) is 0 Å². The molecule has 0 atom stereocenters. The van der Waals surface area contributed by atoms with Crippen LogP contribution in [0.25, 0.3) is 11.1 Å². The number of carbonyl (C=O) groups excluding carboxylic acids is 1. The van der Waals surface area contributed by atoms with Crippen LogP contribution < -0.4 is 10.0 Å². The summed E-state index contributed by atoms with van der Waals surface area (Å²) < 4.78 is 25.6. The van der Waals surface area contributed by atoms with E-state index in [1.54, 1.807) is 30.6 Å². The first kappa shape index (κ1) is 16.4. The van der Waals surface area contributed by atoms with E-state index in [1.165, 1.54) is 11.2 Å². The Kier molecular flexibility index (Phi) is 4.23. The Balaban J connectivity index is 2.01. The molecule has 8 heteroatoms. The van der Waals surface area contributed by atoms with Gasteiger partial charge in [-0.3, -0.25) is 14.1 Å². The number of nitrogens with two attached hydrogens (primary N) is 1. The lowest BCUT2D eigenvalue weighted by Crippen LogP contribution is -2.26. The summed E-state index contributed by atoms with van der Waals surface area (Å²) in [6.07, 6.45) is 4.04. The largest absolute Gasteiger partial charge is 0.382 e. The fourth-order valence-corrected chi connectivity index (χ4v) is 4.31. The SMILES string of the molecule is CC(=O)Cc1cc(-c2cnc(N)c(N3CCCS3(=O)=O)c2)ccn1. The molecule has 7 nitrogen and oxygen atoms in total.